The third-order valence-corrected chi connectivity index (χ3v) is 3.21. The summed E-state index contributed by atoms with van der Waals surface area (Å²) in [4.78, 5) is 28.1. The van der Waals surface area contributed by atoms with E-state index in [1.807, 2.05) is 0 Å². The van der Waals surface area contributed by atoms with Gasteiger partial charge in [-0.15, -0.1) is 0 Å². The third kappa shape index (κ3) is 2.30. The summed E-state index contributed by atoms with van der Waals surface area (Å²) in [5.74, 6) is -0.0176. The third-order valence-electron chi connectivity index (χ3n) is 3.21. The second kappa shape index (κ2) is 4.57. The molecule has 92 valence electrons. The zero-order valence-electron chi connectivity index (χ0n) is 9.67. The summed E-state index contributed by atoms with van der Waals surface area (Å²) in [6.07, 6.45) is 3.44. The SMILES string of the molecule is Cn1cncc1C(=O)C1CCN(C(=O)O)CC1. The molecular weight excluding hydrogens is 222 g/mol. The molecule has 0 radical (unpaired) electrons. The number of amides is 1. The van der Waals surface area contributed by atoms with Crippen molar-refractivity contribution in [2.24, 2.45) is 13.0 Å². The Bertz CT molecular complexity index is 433. The molecule has 1 amide bonds. The molecule has 0 unspecified atom stereocenters. The first-order valence-corrected chi connectivity index (χ1v) is 5.58. The van der Waals surface area contributed by atoms with Gasteiger partial charge in [-0.05, 0) is 12.8 Å². The van der Waals surface area contributed by atoms with Gasteiger partial charge in [-0.1, -0.05) is 0 Å². The van der Waals surface area contributed by atoms with Gasteiger partial charge in [0, 0.05) is 26.1 Å². The molecule has 1 aliphatic heterocycles. The highest BCUT2D eigenvalue weighted by molar-refractivity contribution is 5.96. The Balaban J connectivity index is 2.00. The van der Waals surface area contributed by atoms with Gasteiger partial charge in [-0.25, -0.2) is 9.78 Å². The summed E-state index contributed by atoms with van der Waals surface area (Å²) in [5, 5.41) is 8.82. The van der Waals surface area contributed by atoms with Crippen molar-refractivity contribution in [1.82, 2.24) is 14.5 Å². The van der Waals surface area contributed by atoms with Crippen LogP contribution in [0.3, 0.4) is 0 Å². The lowest BCUT2D eigenvalue weighted by molar-refractivity contribution is 0.0813. The molecule has 0 aromatic carbocycles. The van der Waals surface area contributed by atoms with Crippen LogP contribution in [0.1, 0.15) is 23.3 Å². The van der Waals surface area contributed by atoms with Crippen LogP contribution in [0.5, 0.6) is 0 Å². The number of carboxylic acid groups (broad SMARTS) is 1. The van der Waals surface area contributed by atoms with Crippen molar-refractivity contribution in [3.8, 4) is 0 Å². The van der Waals surface area contributed by atoms with Crippen LogP contribution in [0.2, 0.25) is 0 Å². The van der Waals surface area contributed by atoms with Crippen molar-refractivity contribution in [2.75, 3.05) is 13.1 Å². The standard InChI is InChI=1S/C11H15N3O3/c1-13-7-12-6-9(13)10(15)8-2-4-14(5-3-8)11(16)17/h6-8H,2-5H2,1H3,(H,16,17). The first-order chi connectivity index (χ1) is 8.09. The lowest BCUT2D eigenvalue weighted by Crippen LogP contribution is -2.39. The van der Waals surface area contributed by atoms with E-state index in [1.54, 1.807) is 24.1 Å². The first-order valence-electron chi connectivity index (χ1n) is 5.58. The number of ketones is 1. The van der Waals surface area contributed by atoms with Crippen molar-refractivity contribution >= 4 is 11.9 Å². The van der Waals surface area contributed by atoms with Gasteiger partial charge in [-0.2, -0.15) is 0 Å². The normalized spacial score (nSPS) is 17.1. The van der Waals surface area contributed by atoms with E-state index >= 15 is 0 Å². The minimum Gasteiger partial charge on any atom is -0.465 e. The van der Waals surface area contributed by atoms with Crippen LogP contribution < -0.4 is 0 Å². The number of piperidine rings is 1. The second-order valence-electron chi connectivity index (χ2n) is 4.30. The molecule has 1 aliphatic rings. The summed E-state index contributed by atoms with van der Waals surface area (Å²) in [7, 11) is 1.78. The molecule has 2 rings (SSSR count). The van der Waals surface area contributed by atoms with Crippen LogP contribution in [0.15, 0.2) is 12.5 Å². The molecule has 6 nitrogen and oxygen atoms in total. The fourth-order valence-electron chi connectivity index (χ4n) is 2.14. The Morgan fingerprint density at radius 3 is 2.53 bits per heavy atom. The molecule has 6 heteroatoms. The number of aromatic nitrogens is 2. The van der Waals surface area contributed by atoms with E-state index in [1.165, 1.54) is 4.90 Å². The number of aryl methyl sites for hydroxylation is 1. The van der Waals surface area contributed by atoms with E-state index in [2.05, 4.69) is 4.98 Å². The molecule has 17 heavy (non-hydrogen) atoms. The minimum atomic E-state index is -0.906. The molecule has 1 N–H and O–H groups in total. The van der Waals surface area contributed by atoms with Gasteiger partial charge in [0.15, 0.2) is 5.78 Å². The van der Waals surface area contributed by atoms with Crippen LogP contribution in [-0.2, 0) is 7.05 Å². The molecule has 1 saturated heterocycles. The van der Waals surface area contributed by atoms with Crippen molar-refractivity contribution in [3.05, 3.63) is 18.2 Å². The number of likely N-dealkylation sites (tertiary alicyclic amines) is 1. The lowest BCUT2D eigenvalue weighted by atomic mass is 9.91. The number of Topliss-reactive ketones (excluding diaryl/α,β-unsaturated/α-hetero) is 1. The van der Waals surface area contributed by atoms with E-state index in [0.29, 0.717) is 31.6 Å². The maximum atomic E-state index is 12.1. The molecule has 0 saturated carbocycles. The van der Waals surface area contributed by atoms with Crippen molar-refractivity contribution in [3.63, 3.8) is 0 Å². The zero-order valence-corrected chi connectivity index (χ0v) is 9.67. The van der Waals surface area contributed by atoms with Gasteiger partial charge in [0.1, 0.15) is 5.69 Å². The number of nitrogens with zero attached hydrogens (tertiary/aromatic N) is 3. The highest BCUT2D eigenvalue weighted by Gasteiger charge is 2.28. The summed E-state index contributed by atoms with van der Waals surface area (Å²) in [6.45, 7) is 0.868. The highest BCUT2D eigenvalue weighted by atomic mass is 16.4. The molecule has 0 spiro atoms. The lowest BCUT2D eigenvalue weighted by Gasteiger charge is -2.29. The van der Waals surface area contributed by atoms with Crippen molar-refractivity contribution in [2.45, 2.75) is 12.8 Å². The maximum absolute atomic E-state index is 12.1. The molecule has 1 aromatic heterocycles. The van der Waals surface area contributed by atoms with Crippen LogP contribution in [0.25, 0.3) is 0 Å². The monoisotopic (exact) mass is 237 g/mol. The Morgan fingerprint density at radius 1 is 1.41 bits per heavy atom. The average Bonchev–Trinajstić information content (AvgIpc) is 2.74. The molecule has 0 bridgehead atoms. The molecule has 1 aromatic rings. The highest BCUT2D eigenvalue weighted by Crippen LogP contribution is 2.21. The topological polar surface area (TPSA) is 75.4 Å². The largest absolute Gasteiger partial charge is 0.465 e. The Morgan fingerprint density at radius 2 is 2.06 bits per heavy atom. The van der Waals surface area contributed by atoms with Gasteiger partial charge >= 0.3 is 6.09 Å². The van der Waals surface area contributed by atoms with Gasteiger partial charge < -0.3 is 14.6 Å². The predicted octanol–water partition coefficient (Wildman–Crippen LogP) is 0.993. The first kappa shape index (κ1) is 11.6. The van der Waals surface area contributed by atoms with Crippen LogP contribution >= 0.6 is 0 Å². The van der Waals surface area contributed by atoms with Crippen LogP contribution in [-0.4, -0.2) is 44.5 Å². The number of imidazole rings is 1. The number of carbonyl (C=O) groups excluding carboxylic acids is 1. The summed E-state index contributed by atoms with van der Waals surface area (Å²) < 4.78 is 1.70. The van der Waals surface area contributed by atoms with Crippen molar-refractivity contribution < 1.29 is 14.7 Å². The summed E-state index contributed by atoms with van der Waals surface area (Å²) in [5.41, 5.74) is 0.596. The van der Waals surface area contributed by atoms with Gasteiger partial charge in [0.2, 0.25) is 0 Å². The predicted molar refractivity (Wildman–Crippen MR) is 59.9 cm³/mol. The fraction of sp³-hybridized carbons (Fsp3) is 0.545. The molecule has 2 heterocycles. The summed E-state index contributed by atoms with van der Waals surface area (Å²) in [6, 6.07) is 0. The second-order valence-corrected chi connectivity index (χ2v) is 4.30. The smallest absolute Gasteiger partial charge is 0.407 e. The Kier molecular flexibility index (Phi) is 3.12. The Hall–Kier alpha value is -1.85. The molecule has 0 aliphatic carbocycles. The number of rotatable bonds is 2. The maximum Gasteiger partial charge on any atom is 0.407 e. The number of hydrogen-bond acceptors (Lipinski definition) is 3. The molecule has 1 fully saturated rings. The fourth-order valence-corrected chi connectivity index (χ4v) is 2.14. The van der Waals surface area contributed by atoms with Gasteiger partial charge in [0.05, 0.1) is 12.5 Å². The van der Waals surface area contributed by atoms with E-state index in [9.17, 15) is 9.59 Å². The number of carbonyl (C=O) groups is 2. The van der Waals surface area contributed by atoms with Crippen LogP contribution in [0.4, 0.5) is 4.79 Å². The summed E-state index contributed by atoms with van der Waals surface area (Å²) >= 11 is 0. The van der Waals surface area contributed by atoms with Crippen LogP contribution in [0, 0.1) is 5.92 Å². The average molecular weight is 237 g/mol. The van der Waals surface area contributed by atoms with E-state index in [0.717, 1.165) is 0 Å². The van der Waals surface area contributed by atoms with E-state index < -0.39 is 6.09 Å². The quantitative estimate of drug-likeness (QED) is 0.778. The van der Waals surface area contributed by atoms with E-state index in [4.69, 9.17) is 5.11 Å². The van der Waals surface area contributed by atoms with E-state index in [-0.39, 0.29) is 11.7 Å². The van der Waals surface area contributed by atoms with Crippen molar-refractivity contribution in [1.29, 1.82) is 0 Å². The van der Waals surface area contributed by atoms with Gasteiger partial charge in [-0.3, -0.25) is 4.79 Å². The molecule has 0 atom stereocenters. The zero-order chi connectivity index (χ0) is 12.4. The number of hydrogen-bond donors (Lipinski definition) is 1. The van der Waals surface area contributed by atoms with Gasteiger partial charge in [0.25, 0.3) is 0 Å². The molecular formula is C11H15N3O3. The minimum absolute atomic E-state index is 0.0649. The Labute approximate surface area is 98.9 Å².